The van der Waals surface area contributed by atoms with Crippen molar-refractivity contribution in [1.29, 1.82) is 0 Å². The number of urea groups is 1. The first-order valence-corrected chi connectivity index (χ1v) is 26.5. The number of amides is 2. The van der Waals surface area contributed by atoms with Gasteiger partial charge in [-0.05, 0) is 72.4 Å². The molecule has 0 radical (unpaired) electrons. The Labute approximate surface area is 289 Å². The van der Waals surface area contributed by atoms with Gasteiger partial charge in [-0.3, -0.25) is 0 Å². The van der Waals surface area contributed by atoms with Crippen molar-refractivity contribution in [1.82, 2.24) is 10.2 Å². The molecule has 0 aliphatic carbocycles. The number of nitrogens with one attached hydrogen (secondary N) is 1. The second-order valence-corrected chi connectivity index (χ2v) is 31.7. The van der Waals surface area contributed by atoms with Crippen molar-refractivity contribution < 1.29 is 22.9 Å². The Kier molecular flexibility index (Phi) is 12.8. The SMILES string of the molecule is COc1ccc([P@]2(=S)O[C@H](CO[Si](C)(C)C(C)(C)C(C)C)[C@@H](O[Si](C)(C)C(C)(C)C(C)C)C[C@H](N3CCC(=S)NC3=O)S2)cc1. The predicted molar refractivity (Wildman–Crippen MR) is 204 cm³/mol. The standard InChI is InChI=1S/C32H57N2O5PS3Si2/c1-22(2)31(5,6)44(10,11)37-21-27-26(39-45(12,13)32(7,8)23(3)4)20-29(34-19-18-28(41)33-30(34)35)43-40(42,38-27)25-16-14-24(36-9)15-17-25/h14-17,22-23,26-27,29H,18-21H2,1-13H3,(H,33,35,41)/t26-,27+,29+,40+/m0/s1. The van der Waals surface area contributed by atoms with Crippen LogP contribution in [0, 0.1) is 11.8 Å². The molecule has 1 aromatic rings. The molecule has 0 unspecified atom stereocenters. The summed E-state index contributed by atoms with van der Waals surface area (Å²) in [6.07, 6.45) is 0.508. The van der Waals surface area contributed by atoms with Crippen LogP contribution in [0.5, 0.6) is 5.75 Å². The lowest BCUT2D eigenvalue weighted by Crippen LogP contribution is -2.55. The minimum Gasteiger partial charge on any atom is -0.497 e. The van der Waals surface area contributed by atoms with E-state index in [2.05, 4.69) is 86.9 Å². The Morgan fingerprint density at radius 1 is 1.04 bits per heavy atom. The van der Waals surface area contributed by atoms with Crippen LogP contribution in [-0.4, -0.2) is 70.4 Å². The van der Waals surface area contributed by atoms with E-state index in [1.165, 1.54) is 0 Å². The Balaban J connectivity index is 2.13. The second-order valence-electron chi connectivity index (χ2n) is 15.2. The molecule has 45 heavy (non-hydrogen) atoms. The van der Waals surface area contributed by atoms with Crippen molar-refractivity contribution in [2.45, 2.75) is 122 Å². The summed E-state index contributed by atoms with van der Waals surface area (Å²) in [7, 11) is -2.88. The van der Waals surface area contributed by atoms with Crippen LogP contribution in [0.4, 0.5) is 4.79 Å². The minimum atomic E-state index is -2.75. The van der Waals surface area contributed by atoms with Gasteiger partial charge in [-0.25, -0.2) is 4.79 Å². The van der Waals surface area contributed by atoms with Gasteiger partial charge in [-0.15, -0.1) is 0 Å². The van der Waals surface area contributed by atoms with Crippen LogP contribution in [0.3, 0.4) is 0 Å². The van der Waals surface area contributed by atoms with Gasteiger partial charge in [0.05, 0.1) is 30.2 Å². The van der Waals surface area contributed by atoms with Crippen molar-refractivity contribution in [2.24, 2.45) is 11.8 Å². The lowest BCUT2D eigenvalue weighted by atomic mass is 9.99. The Hall–Kier alpha value is -0.306. The van der Waals surface area contributed by atoms with Gasteiger partial charge in [0.2, 0.25) is 0 Å². The molecule has 2 fully saturated rings. The van der Waals surface area contributed by atoms with Gasteiger partial charge in [-0.2, -0.15) is 0 Å². The number of rotatable bonds is 12. The maximum Gasteiger partial charge on any atom is 0.323 e. The first kappa shape index (κ1) is 39.1. The molecular weight excluding hydrogens is 676 g/mol. The van der Waals surface area contributed by atoms with Crippen molar-refractivity contribution in [3.8, 4) is 5.75 Å². The third-order valence-electron chi connectivity index (χ3n) is 11.3. The predicted octanol–water partition coefficient (Wildman–Crippen LogP) is 8.91. The first-order valence-electron chi connectivity index (χ1n) is 16.1. The van der Waals surface area contributed by atoms with E-state index in [-0.39, 0.29) is 27.6 Å². The molecule has 0 bridgehead atoms. The highest BCUT2D eigenvalue weighted by atomic mass is 32.9. The molecule has 1 N–H and O–H groups in total. The van der Waals surface area contributed by atoms with Crippen LogP contribution in [0.2, 0.25) is 36.3 Å². The highest BCUT2D eigenvalue weighted by Gasteiger charge is 2.51. The summed E-state index contributed by atoms with van der Waals surface area (Å²) in [6, 6.07) is 7.70. The summed E-state index contributed by atoms with van der Waals surface area (Å²) >= 11 is 13.5. The summed E-state index contributed by atoms with van der Waals surface area (Å²) < 4.78 is 27.0. The van der Waals surface area contributed by atoms with E-state index in [0.29, 0.717) is 42.8 Å². The van der Waals surface area contributed by atoms with Crippen molar-refractivity contribution in [2.75, 3.05) is 20.3 Å². The molecule has 2 aliphatic rings. The fourth-order valence-electron chi connectivity index (χ4n) is 5.41. The molecule has 256 valence electrons. The third kappa shape index (κ3) is 8.65. The number of benzene rings is 1. The molecule has 2 aliphatic heterocycles. The highest BCUT2D eigenvalue weighted by Crippen LogP contribution is 2.65. The van der Waals surface area contributed by atoms with Crippen LogP contribution in [-0.2, 0) is 25.2 Å². The molecule has 4 atom stereocenters. The van der Waals surface area contributed by atoms with E-state index < -0.39 is 28.2 Å². The molecular formula is C32H57N2O5PS3Si2. The zero-order valence-electron chi connectivity index (χ0n) is 29.7. The topological polar surface area (TPSA) is 69.3 Å². The molecule has 0 saturated carbocycles. The largest absolute Gasteiger partial charge is 0.497 e. The average molecular weight is 733 g/mol. The van der Waals surface area contributed by atoms with Gasteiger partial charge in [0.15, 0.2) is 22.1 Å². The van der Waals surface area contributed by atoms with Gasteiger partial charge in [0.25, 0.3) is 0 Å². The van der Waals surface area contributed by atoms with E-state index in [1.807, 2.05) is 29.2 Å². The molecule has 7 nitrogen and oxygen atoms in total. The average Bonchev–Trinajstić information content (AvgIpc) is 3.07. The maximum atomic E-state index is 13.4. The van der Waals surface area contributed by atoms with E-state index >= 15 is 0 Å². The molecule has 0 spiro atoms. The fourth-order valence-corrected chi connectivity index (χ4v) is 17.3. The number of hydrogen-bond acceptors (Lipinski definition) is 8. The number of thiocarbonyl (C=S) groups is 1. The van der Waals surface area contributed by atoms with Crippen LogP contribution in [0.1, 0.15) is 68.2 Å². The zero-order valence-corrected chi connectivity index (χ0v) is 35.0. The summed E-state index contributed by atoms with van der Waals surface area (Å²) in [5.41, 5.74) is -2.75. The normalized spacial score (nSPS) is 25.8. The molecule has 3 rings (SSSR count). The Morgan fingerprint density at radius 2 is 1.60 bits per heavy atom. The van der Waals surface area contributed by atoms with E-state index in [4.69, 9.17) is 42.1 Å². The van der Waals surface area contributed by atoms with Crippen molar-refractivity contribution in [3.05, 3.63) is 24.3 Å². The van der Waals surface area contributed by atoms with E-state index in [9.17, 15) is 4.79 Å². The van der Waals surface area contributed by atoms with Gasteiger partial charge in [-0.1, -0.05) is 90.8 Å². The van der Waals surface area contributed by atoms with Crippen LogP contribution >= 0.6 is 29.1 Å². The van der Waals surface area contributed by atoms with Gasteiger partial charge >= 0.3 is 6.03 Å². The third-order valence-corrected chi connectivity index (χ3v) is 27.3. The summed E-state index contributed by atoms with van der Waals surface area (Å²) in [6.45, 7) is 28.5. The van der Waals surface area contributed by atoms with Crippen molar-refractivity contribution >= 4 is 73.8 Å². The molecule has 13 heteroatoms. The van der Waals surface area contributed by atoms with Gasteiger partial charge < -0.3 is 28.3 Å². The minimum absolute atomic E-state index is 0.00806. The molecule has 2 heterocycles. The van der Waals surface area contributed by atoms with E-state index in [0.717, 1.165) is 11.1 Å². The van der Waals surface area contributed by atoms with Crippen LogP contribution < -0.4 is 15.4 Å². The molecule has 1 aromatic carbocycles. The number of carbonyl (C=O) groups is 1. The highest BCUT2D eigenvalue weighted by molar-refractivity contribution is 8.71. The quantitative estimate of drug-likeness (QED) is 0.130. The summed E-state index contributed by atoms with van der Waals surface area (Å²) in [4.78, 5) is 15.8. The summed E-state index contributed by atoms with van der Waals surface area (Å²) in [5, 5.41) is 3.61. The van der Waals surface area contributed by atoms with Crippen LogP contribution in [0.15, 0.2) is 24.3 Å². The number of methoxy groups -OCH3 is 1. The van der Waals surface area contributed by atoms with Gasteiger partial charge in [0, 0.05) is 24.7 Å². The monoisotopic (exact) mass is 732 g/mol. The zero-order chi connectivity index (χ0) is 34.2. The lowest BCUT2D eigenvalue weighted by Gasteiger charge is -2.47. The Bertz CT molecular complexity index is 1260. The molecule has 2 saturated heterocycles. The van der Waals surface area contributed by atoms with Crippen molar-refractivity contribution in [3.63, 3.8) is 0 Å². The fraction of sp³-hybridized carbons (Fsp3) is 0.750. The van der Waals surface area contributed by atoms with Crippen LogP contribution in [0.25, 0.3) is 0 Å². The van der Waals surface area contributed by atoms with Gasteiger partial charge in [0.1, 0.15) is 11.9 Å². The smallest absolute Gasteiger partial charge is 0.323 e. The number of hydrogen-bond donors (Lipinski definition) is 1. The number of nitrogens with zero attached hydrogens (tertiary/aromatic N) is 1. The Morgan fingerprint density at radius 3 is 2.11 bits per heavy atom. The van der Waals surface area contributed by atoms with E-state index in [1.54, 1.807) is 18.5 Å². The lowest BCUT2D eigenvalue weighted by molar-refractivity contribution is 0.0108. The number of carbonyl (C=O) groups excluding carboxylic acids is 1. The first-order chi connectivity index (χ1) is 20.6. The second kappa shape index (κ2) is 14.7. The summed E-state index contributed by atoms with van der Waals surface area (Å²) in [5.74, 6) is 1.66. The molecule has 2 amide bonds. The number of ether oxygens (including phenoxy) is 1. The maximum absolute atomic E-state index is 13.4. The molecule has 0 aromatic heterocycles.